The second-order valence-corrected chi connectivity index (χ2v) is 4.30. The summed E-state index contributed by atoms with van der Waals surface area (Å²) in [6.07, 6.45) is 1.68. The van der Waals surface area contributed by atoms with Gasteiger partial charge >= 0.3 is 0 Å². The number of carbonyl (C=O) groups excluding carboxylic acids is 1. The molecule has 0 bridgehead atoms. The van der Waals surface area contributed by atoms with Crippen molar-refractivity contribution in [2.45, 2.75) is 39.7 Å². The summed E-state index contributed by atoms with van der Waals surface area (Å²) in [7, 11) is 0. The fourth-order valence-corrected chi connectivity index (χ4v) is 2.02. The third kappa shape index (κ3) is 2.81. The first-order chi connectivity index (χ1) is 8.56. The molecule has 18 heavy (non-hydrogen) atoms. The number of H-pyrrole nitrogens is 1. The summed E-state index contributed by atoms with van der Waals surface area (Å²) in [5.41, 5.74) is 7.13. The van der Waals surface area contributed by atoms with Crippen molar-refractivity contribution in [1.82, 2.24) is 15.1 Å². The molecule has 1 amide bonds. The number of nitrogens with one attached hydrogen (secondary N) is 1. The second kappa shape index (κ2) is 6.39. The summed E-state index contributed by atoms with van der Waals surface area (Å²) in [5, 5.41) is 15.7. The number of anilines is 1. The summed E-state index contributed by atoms with van der Waals surface area (Å²) in [5.74, 6) is -0.223. The molecule has 6 nitrogen and oxygen atoms in total. The third-order valence-electron chi connectivity index (χ3n) is 3.18. The summed E-state index contributed by atoms with van der Waals surface area (Å²) in [6.45, 7) is 6.05. The maximum atomic E-state index is 12.4. The van der Waals surface area contributed by atoms with E-state index < -0.39 is 0 Å². The van der Waals surface area contributed by atoms with Crippen LogP contribution in [-0.2, 0) is 0 Å². The van der Waals surface area contributed by atoms with Crippen molar-refractivity contribution in [3.05, 3.63) is 11.4 Å². The number of nitrogens with two attached hydrogens (primary N) is 1. The van der Waals surface area contributed by atoms with Crippen LogP contribution >= 0.6 is 0 Å². The lowest BCUT2D eigenvalue weighted by molar-refractivity contribution is 0.0617. The van der Waals surface area contributed by atoms with Gasteiger partial charge in [0.25, 0.3) is 5.91 Å². The first-order valence-electron chi connectivity index (χ1n) is 6.28. The Hall–Kier alpha value is -1.56. The molecule has 0 aliphatic carbocycles. The zero-order valence-electron chi connectivity index (χ0n) is 11.2. The van der Waals surface area contributed by atoms with Gasteiger partial charge in [0.1, 0.15) is 0 Å². The number of nitrogen functional groups attached to an aromatic ring is 1. The number of aryl methyl sites for hydroxylation is 1. The van der Waals surface area contributed by atoms with Gasteiger partial charge in [0, 0.05) is 12.6 Å². The van der Waals surface area contributed by atoms with E-state index in [1.165, 1.54) is 0 Å². The van der Waals surface area contributed by atoms with E-state index in [2.05, 4.69) is 10.2 Å². The van der Waals surface area contributed by atoms with Crippen molar-refractivity contribution >= 4 is 11.6 Å². The van der Waals surface area contributed by atoms with Gasteiger partial charge in [-0.2, -0.15) is 5.10 Å². The summed E-state index contributed by atoms with van der Waals surface area (Å²) in [4.78, 5) is 14.0. The molecule has 0 unspecified atom stereocenters. The largest absolute Gasteiger partial charge is 0.395 e. The molecule has 0 fully saturated rings. The number of hydrogen-bond donors (Lipinski definition) is 3. The number of aromatic nitrogens is 2. The lowest BCUT2D eigenvalue weighted by atomic mass is 10.1. The molecule has 0 saturated carbocycles. The Kier molecular flexibility index (Phi) is 5.15. The van der Waals surface area contributed by atoms with Crippen LogP contribution in [0.4, 0.5) is 5.69 Å². The quantitative estimate of drug-likeness (QED) is 0.703. The average Bonchev–Trinajstić information content (AvgIpc) is 2.69. The second-order valence-electron chi connectivity index (χ2n) is 4.30. The van der Waals surface area contributed by atoms with E-state index in [1.54, 1.807) is 11.8 Å². The minimum absolute atomic E-state index is 0.0639. The van der Waals surface area contributed by atoms with Gasteiger partial charge in [0.15, 0.2) is 5.69 Å². The van der Waals surface area contributed by atoms with Crippen molar-refractivity contribution in [3.63, 3.8) is 0 Å². The SMILES string of the molecule is CCC(CC)N(CCO)C(=O)c1n[nH]c(C)c1N. The molecule has 4 N–H and O–H groups in total. The molecule has 0 aliphatic rings. The predicted octanol–water partition coefficient (Wildman–Crippen LogP) is 0.923. The molecule has 0 spiro atoms. The Labute approximate surface area is 107 Å². The van der Waals surface area contributed by atoms with Gasteiger partial charge in [-0.1, -0.05) is 13.8 Å². The van der Waals surface area contributed by atoms with Gasteiger partial charge < -0.3 is 15.7 Å². The number of aromatic amines is 1. The van der Waals surface area contributed by atoms with E-state index in [-0.39, 0.29) is 24.2 Å². The lowest BCUT2D eigenvalue weighted by Crippen LogP contribution is -2.42. The Bertz CT molecular complexity index is 399. The lowest BCUT2D eigenvalue weighted by Gasteiger charge is -2.29. The summed E-state index contributed by atoms with van der Waals surface area (Å²) < 4.78 is 0. The van der Waals surface area contributed by atoms with Crippen LogP contribution in [0.3, 0.4) is 0 Å². The molecule has 1 aromatic heterocycles. The molecule has 0 radical (unpaired) electrons. The highest BCUT2D eigenvalue weighted by Gasteiger charge is 2.25. The van der Waals surface area contributed by atoms with Crippen molar-refractivity contribution in [3.8, 4) is 0 Å². The van der Waals surface area contributed by atoms with Crippen LogP contribution in [0.25, 0.3) is 0 Å². The Morgan fingerprint density at radius 3 is 2.50 bits per heavy atom. The molecule has 102 valence electrons. The summed E-state index contributed by atoms with van der Waals surface area (Å²) in [6, 6.07) is 0.0982. The minimum atomic E-state index is -0.223. The number of rotatable bonds is 6. The highest BCUT2D eigenvalue weighted by molar-refractivity contribution is 5.97. The van der Waals surface area contributed by atoms with Gasteiger partial charge in [-0.25, -0.2) is 0 Å². The normalized spacial score (nSPS) is 10.9. The topological polar surface area (TPSA) is 95.2 Å². The van der Waals surface area contributed by atoms with Crippen molar-refractivity contribution in [1.29, 1.82) is 0 Å². The van der Waals surface area contributed by atoms with E-state index in [9.17, 15) is 4.79 Å². The molecule has 0 saturated heterocycles. The summed E-state index contributed by atoms with van der Waals surface area (Å²) >= 11 is 0. The van der Waals surface area contributed by atoms with Crippen LogP contribution in [0.1, 0.15) is 42.9 Å². The first-order valence-corrected chi connectivity index (χ1v) is 6.28. The Morgan fingerprint density at radius 2 is 2.11 bits per heavy atom. The molecular formula is C12H22N4O2. The fraction of sp³-hybridized carbons (Fsp3) is 0.667. The van der Waals surface area contributed by atoms with Gasteiger partial charge in [-0.3, -0.25) is 9.89 Å². The van der Waals surface area contributed by atoms with E-state index in [0.717, 1.165) is 12.8 Å². The van der Waals surface area contributed by atoms with Gasteiger partial charge in [-0.15, -0.1) is 0 Å². The maximum Gasteiger partial charge on any atom is 0.276 e. The monoisotopic (exact) mass is 254 g/mol. The Morgan fingerprint density at radius 1 is 1.50 bits per heavy atom. The number of nitrogens with zero attached hydrogens (tertiary/aromatic N) is 2. The van der Waals surface area contributed by atoms with E-state index in [1.807, 2.05) is 13.8 Å². The number of hydrogen-bond acceptors (Lipinski definition) is 4. The van der Waals surface area contributed by atoms with Gasteiger partial charge in [0.05, 0.1) is 18.0 Å². The smallest absolute Gasteiger partial charge is 0.276 e. The molecule has 1 rings (SSSR count). The highest BCUT2D eigenvalue weighted by Crippen LogP contribution is 2.18. The van der Waals surface area contributed by atoms with Crippen LogP contribution in [0.5, 0.6) is 0 Å². The first kappa shape index (κ1) is 14.5. The van der Waals surface area contributed by atoms with Crippen molar-refractivity contribution in [2.75, 3.05) is 18.9 Å². The van der Waals surface area contributed by atoms with Crippen LogP contribution in [0.2, 0.25) is 0 Å². The molecule has 0 aliphatic heterocycles. The number of amides is 1. The highest BCUT2D eigenvalue weighted by atomic mass is 16.3. The number of carbonyl (C=O) groups is 1. The van der Waals surface area contributed by atoms with Crippen LogP contribution in [0.15, 0.2) is 0 Å². The third-order valence-corrected chi connectivity index (χ3v) is 3.18. The van der Waals surface area contributed by atoms with Crippen LogP contribution < -0.4 is 5.73 Å². The number of aliphatic hydroxyl groups is 1. The van der Waals surface area contributed by atoms with E-state index in [0.29, 0.717) is 17.9 Å². The molecule has 0 atom stereocenters. The zero-order valence-corrected chi connectivity index (χ0v) is 11.2. The average molecular weight is 254 g/mol. The molecule has 0 aromatic carbocycles. The van der Waals surface area contributed by atoms with Gasteiger partial charge in [-0.05, 0) is 19.8 Å². The molecule has 1 heterocycles. The van der Waals surface area contributed by atoms with E-state index in [4.69, 9.17) is 10.8 Å². The van der Waals surface area contributed by atoms with Crippen molar-refractivity contribution < 1.29 is 9.90 Å². The maximum absolute atomic E-state index is 12.4. The van der Waals surface area contributed by atoms with Crippen LogP contribution in [-0.4, -0.2) is 45.3 Å². The fourth-order valence-electron chi connectivity index (χ4n) is 2.02. The predicted molar refractivity (Wildman–Crippen MR) is 70.2 cm³/mol. The van der Waals surface area contributed by atoms with Gasteiger partial charge in [0.2, 0.25) is 0 Å². The molecular weight excluding hydrogens is 232 g/mol. The number of aliphatic hydroxyl groups excluding tert-OH is 1. The molecule has 6 heteroatoms. The Balaban J connectivity index is 2.99. The zero-order chi connectivity index (χ0) is 13.7. The molecule has 1 aromatic rings. The van der Waals surface area contributed by atoms with Crippen LogP contribution in [0, 0.1) is 6.92 Å². The standard InChI is InChI=1S/C12H22N4O2/c1-4-9(5-2)16(6-7-17)12(18)11-10(13)8(3)14-15-11/h9,17H,4-7,13H2,1-3H3,(H,14,15). The van der Waals surface area contributed by atoms with E-state index >= 15 is 0 Å². The minimum Gasteiger partial charge on any atom is -0.395 e. The van der Waals surface area contributed by atoms with Crippen molar-refractivity contribution in [2.24, 2.45) is 0 Å².